The SMILES string of the molecule is O=C(Nc1cccc(NCCCN2CCCC2)c1)Nc1cccc(NC(=O)Nc2cccc(NC(=O)Nc3cccc(NCCCN4CCCC4)c3)c2)c1. The van der Waals surface area contributed by atoms with E-state index in [4.69, 9.17) is 0 Å². The summed E-state index contributed by atoms with van der Waals surface area (Å²) < 4.78 is 0. The van der Waals surface area contributed by atoms with Crippen LogP contribution < -0.4 is 42.5 Å². The number of amides is 6. The molecule has 284 valence electrons. The van der Waals surface area contributed by atoms with Gasteiger partial charge in [0.05, 0.1) is 0 Å². The van der Waals surface area contributed by atoms with Gasteiger partial charge in [-0.1, -0.05) is 24.3 Å². The van der Waals surface area contributed by atoms with Crippen molar-refractivity contribution >= 4 is 63.6 Å². The number of likely N-dealkylation sites (tertiary alicyclic amines) is 2. The predicted molar refractivity (Wildman–Crippen MR) is 221 cm³/mol. The molecule has 6 rings (SSSR count). The first-order valence-corrected chi connectivity index (χ1v) is 19.0. The summed E-state index contributed by atoms with van der Waals surface area (Å²) in [4.78, 5) is 43.5. The Kier molecular flexibility index (Phi) is 14.0. The van der Waals surface area contributed by atoms with Crippen LogP contribution in [-0.4, -0.2) is 80.3 Å². The molecule has 54 heavy (non-hydrogen) atoms. The van der Waals surface area contributed by atoms with Gasteiger partial charge < -0.3 is 52.3 Å². The molecule has 2 heterocycles. The maximum atomic E-state index is 12.9. The number of anilines is 8. The minimum atomic E-state index is -0.479. The Bertz CT molecular complexity index is 1710. The molecular weight excluding hydrogens is 681 g/mol. The van der Waals surface area contributed by atoms with E-state index in [-0.39, 0.29) is 0 Å². The van der Waals surface area contributed by atoms with Crippen LogP contribution >= 0.6 is 0 Å². The van der Waals surface area contributed by atoms with Crippen LogP contribution in [0.1, 0.15) is 38.5 Å². The Morgan fingerprint density at radius 2 is 0.667 bits per heavy atom. The largest absolute Gasteiger partial charge is 0.385 e. The van der Waals surface area contributed by atoms with Gasteiger partial charge >= 0.3 is 18.1 Å². The van der Waals surface area contributed by atoms with Gasteiger partial charge in [0.2, 0.25) is 0 Å². The van der Waals surface area contributed by atoms with Crippen molar-refractivity contribution in [2.45, 2.75) is 38.5 Å². The van der Waals surface area contributed by atoms with Gasteiger partial charge in [0.25, 0.3) is 0 Å². The van der Waals surface area contributed by atoms with Crippen molar-refractivity contribution in [3.8, 4) is 0 Å². The van der Waals surface area contributed by atoms with Gasteiger partial charge in [-0.25, -0.2) is 14.4 Å². The Hall–Kier alpha value is -5.79. The molecule has 0 atom stereocenters. The number of carbonyl (C=O) groups is 3. The van der Waals surface area contributed by atoms with Crippen molar-refractivity contribution in [1.82, 2.24) is 9.80 Å². The summed E-state index contributed by atoms with van der Waals surface area (Å²) in [5, 5.41) is 23.9. The van der Waals surface area contributed by atoms with Gasteiger partial charge in [0.1, 0.15) is 0 Å². The van der Waals surface area contributed by atoms with Crippen LogP contribution in [0.5, 0.6) is 0 Å². The highest BCUT2D eigenvalue weighted by Crippen LogP contribution is 2.21. The smallest absolute Gasteiger partial charge is 0.323 e. The molecule has 13 heteroatoms. The molecule has 6 amide bonds. The van der Waals surface area contributed by atoms with Gasteiger partial charge in [-0.2, -0.15) is 0 Å². The van der Waals surface area contributed by atoms with Crippen LogP contribution in [0.4, 0.5) is 59.9 Å². The lowest BCUT2D eigenvalue weighted by atomic mass is 10.2. The lowest BCUT2D eigenvalue weighted by molar-refractivity contribution is 0.261. The van der Waals surface area contributed by atoms with Gasteiger partial charge in [0, 0.05) is 58.6 Å². The average Bonchev–Trinajstić information content (AvgIpc) is 3.88. The third kappa shape index (κ3) is 12.7. The number of hydrogen-bond acceptors (Lipinski definition) is 7. The van der Waals surface area contributed by atoms with Crippen LogP contribution in [0, 0.1) is 0 Å². The number of benzene rings is 4. The molecule has 0 aromatic heterocycles. The molecule has 2 aliphatic rings. The fourth-order valence-electron chi connectivity index (χ4n) is 6.73. The maximum absolute atomic E-state index is 12.9. The number of nitrogens with zero attached hydrogens (tertiary/aromatic N) is 2. The summed E-state index contributed by atoms with van der Waals surface area (Å²) in [6.45, 7) is 8.73. The quantitative estimate of drug-likeness (QED) is 0.0538. The van der Waals surface area contributed by atoms with Crippen molar-refractivity contribution in [2.24, 2.45) is 0 Å². The lowest BCUT2D eigenvalue weighted by Gasteiger charge is -2.15. The van der Waals surface area contributed by atoms with Crippen molar-refractivity contribution in [3.63, 3.8) is 0 Å². The molecule has 0 aliphatic carbocycles. The highest BCUT2D eigenvalue weighted by atomic mass is 16.2. The van der Waals surface area contributed by atoms with E-state index in [0.29, 0.717) is 34.1 Å². The number of rotatable bonds is 16. The molecule has 0 bridgehead atoms. The molecule has 2 saturated heterocycles. The van der Waals surface area contributed by atoms with Gasteiger partial charge in [-0.15, -0.1) is 0 Å². The summed E-state index contributed by atoms with van der Waals surface area (Å²) in [6, 6.07) is 27.7. The molecule has 8 N–H and O–H groups in total. The minimum Gasteiger partial charge on any atom is -0.385 e. The van der Waals surface area contributed by atoms with E-state index >= 15 is 0 Å². The monoisotopic (exact) mass is 732 g/mol. The predicted octanol–water partition coefficient (Wildman–Crippen LogP) is 8.41. The van der Waals surface area contributed by atoms with E-state index in [1.54, 1.807) is 48.5 Å². The van der Waals surface area contributed by atoms with Gasteiger partial charge in [0.15, 0.2) is 0 Å². The van der Waals surface area contributed by atoms with Crippen LogP contribution in [0.3, 0.4) is 0 Å². The standard InChI is InChI=1S/C41H52N10O3/c52-39(44-33-13-5-11-31(27-33)42-19-9-25-50-21-1-2-22-50)46-35-15-7-17-37(29-35)48-41(54)49-38-18-8-16-36(30-38)47-40(53)45-34-14-6-12-32(28-34)43-20-10-26-51-23-3-4-24-51/h5-8,11-18,27-30,42-43H,1-4,9-10,19-26H2,(H2,44,46,52)(H2,45,47,53)(H2,48,49,54). The molecule has 0 radical (unpaired) electrons. The van der Waals surface area contributed by atoms with Gasteiger partial charge in [-0.3, -0.25) is 0 Å². The Balaban J connectivity index is 0.917. The first kappa shape index (κ1) is 38.0. The van der Waals surface area contributed by atoms with Gasteiger partial charge in [-0.05, 0) is 151 Å². The van der Waals surface area contributed by atoms with E-state index in [2.05, 4.69) is 52.3 Å². The van der Waals surface area contributed by atoms with Crippen LogP contribution in [0.25, 0.3) is 0 Å². The molecule has 0 saturated carbocycles. The van der Waals surface area contributed by atoms with E-state index in [0.717, 1.165) is 50.4 Å². The second-order valence-electron chi connectivity index (χ2n) is 13.7. The first-order chi connectivity index (χ1) is 26.4. The van der Waals surface area contributed by atoms with E-state index in [1.165, 1.54) is 51.9 Å². The summed E-state index contributed by atoms with van der Waals surface area (Å²) in [5.41, 5.74) is 5.23. The Labute approximate surface area is 317 Å². The first-order valence-electron chi connectivity index (χ1n) is 19.0. The maximum Gasteiger partial charge on any atom is 0.323 e. The Morgan fingerprint density at radius 3 is 0.963 bits per heavy atom. The fourth-order valence-corrected chi connectivity index (χ4v) is 6.73. The zero-order valence-electron chi connectivity index (χ0n) is 30.8. The average molecular weight is 733 g/mol. The molecule has 2 aliphatic heterocycles. The molecule has 4 aromatic rings. The second kappa shape index (κ2) is 19.9. The highest BCUT2D eigenvalue weighted by molar-refractivity contribution is 6.03. The van der Waals surface area contributed by atoms with Crippen LogP contribution in [-0.2, 0) is 0 Å². The third-order valence-corrected chi connectivity index (χ3v) is 9.36. The molecule has 0 unspecified atom stereocenters. The normalized spacial score (nSPS) is 14.2. The third-order valence-electron chi connectivity index (χ3n) is 9.36. The molecule has 0 spiro atoms. The molecule has 13 nitrogen and oxygen atoms in total. The number of hydrogen-bond donors (Lipinski definition) is 8. The number of nitrogens with one attached hydrogen (secondary N) is 8. The van der Waals surface area contributed by atoms with Crippen molar-refractivity contribution < 1.29 is 14.4 Å². The number of carbonyl (C=O) groups excluding carboxylic acids is 3. The van der Waals surface area contributed by atoms with Crippen molar-refractivity contribution in [3.05, 3.63) is 97.1 Å². The topological polar surface area (TPSA) is 154 Å². The van der Waals surface area contributed by atoms with Crippen LogP contribution in [0.15, 0.2) is 97.1 Å². The molecule has 4 aromatic carbocycles. The zero-order chi connectivity index (χ0) is 37.4. The summed E-state index contributed by atoms with van der Waals surface area (Å²) in [6.07, 6.45) is 7.32. The highest BCUT2D eigenvalue weighted by Gasteiger charge is 2.12. The second-order valence-corrected chi connectivity index (χ2v) is 13.7. The minimum absolute atomic E-state index is 0.399. The summed E-state index contributed by atoms with van der Waals surface area (Å²) in [7, 11) is 0. The number of urea groups is 3. The zero-order valence-corrected chi connectivity index (χ0v) is 30.8. The Morgan fingerprint density at radius 1 is 0.407 bits per heavy atom. The molecule has 2 fully saturated rings. The van der Waals surface area contributed by atoms with Crippen molar-refractivity contribution in [2.75, 3.05) is 94.9 Å². The van der Waals surface area contributed by atoms with Crippen LogP contribution in [0.2, 0.25) is 0 Å². The molecular formula is C41H52N10O3. The summed E-state index contributed by atoms with van der Waals surface area (Å²) in [5.74, 6) is 0. The van der Waals surface area contributed by atoms with E-state index in [1.807, 2.05) is 48.5 Å². The van der Waals surface area contributed by atoms with E-state index in [9.17, 15) is 14.4 Å². The van der Waals surface area contributed by atoms with E-state index < -0.39 is 18.1 Å². The fraction of sp³-hybridized carbons (Fsp3) is 0.341. The summed E-state index contributed by atoms with van der Waals surface area (Å²) >= 11 is 0. The van der Waals surface area contributed by atoms with Crippen molar-refractivity contribution in [1.29, 1.82) is 0 Å². The lowest BCUT2D eigenvalue weighted by Crippen LogP contribution is -2.22.